The van der Waals surface area contributed by atoms with Crippen molar-refractivity contribution in [2.75, 3.05) is 0 Å². The smallest absolute Gasteiger partial charge is 0.343 e. The van der Waals surface area contributed by atoms with E-state index in [9.17, 15) is 9.59 Å². The zero-order chi connectivity index (χ0) is 25.8. The molecule has 0 spiro atoms. The van der Waals surface area contributed by atoms with Crippen LogP contribution in [0.25, 0.3) is 0 Å². The standard InChI is InChI=1S/C31H44N2O3/c1-3-4-5-6-7-8-9-10-11-12-13-14-15-16-30(34)33-32-25-27-19-23-29(24-20-27)36-31(35)28-21-17-26(2)18-22-28/h17-25H,3-16H2,1-2H3,(H,33,34)/b32-25+. The van der Waals surface area contributed by atoms with Gasteiger partial charge in [0.1, 0.15) is 5.75 Å². The Labute approximate surface area is 217 Å². The van der Waals surface area contributed by atoms with Gasteiger partial charge >= 0.3 is 5.97 Å². The Balaban J connectivity index is 1.50. The number of hydrazone groups is 1. The van der Waals surface area contributed by atoms with Crippen LogP contribution in [0.1, 0.15) is 118 Å². The van der Waals surface area contributed by atoms with Gasteiger partial charge in [0, 0.05) is 6.42 Å². The van der Waals surface area contributed by atoms with E-state index in [4.69, 9.17) is 4.74 Å². The number of unbranched alkanes of at least 4 members (excludes halogenated alkanes) is 12. The van der Waals surface area contributed by atoms with Crippen LogP contribution >= 0.6 is 0 Å². The third-order valence-corrected chi connectivity index (χ3v) is 6.29. The number of benzene rings is 2. The zero-order valence-corrected chi connectivity index (χ0v) is 22.3. The quantitative estimate of drug-likeness (QED) is 0.0750. The lowest BCUT2D eigenvalue weighted by atomic mass is 10.0. The third kappa shape index (κ3) is 13.2. The van der Waals surface area contributed by atoms with Crippen molar-refractivity contribution >= 4 is 18.1 Å². The highest BCUT2D eigenvalue weighted by Gasteiger charge is 2.08. The predicted molar refractivity (Wildman–Crippen MR) is 149 cm³/mol. The number of hydrogen-bond donors (Lipinski definition) is 1. The Morgan fingerprint density at radius 3 is 1.83 bits per heavy atom. The van der Waals surface area contributed by atoms with Gasteiger partial charge in [-0.2, -0.15) is 5.10 Å². The molecule has 0 aliphatic rings. The molecule has 5 heteroatoms. The second kappa shape index (κ2) is 18.3. The summed E-state index contributed by atoms with van der Waals surface area (Å²) >= 11 is 0. The van der Waals surface area contributed by atoms with Gasteiger partial charge in [0.25, 0.3) is 0 Å². The van der Waals surface area contributed by atoms with E-state index >= 15 is 0 Å². The fourth-order valence-corrected chi connectivity index (χ4v) is 4.02. The van der Waals surface area contributed by atoms with Gasteiger partial charge in [0.05, 0.1) is 11.8 Å². The van der Waals surface area contributed by atoms with E-state index in [1.807, 2.05) is 19.1 Å². The first-order chi connectivity index (χ1) is 17.6. The Kier molecular flexibility index (Phi) is 14.9. The normalized spacial score (nSPS) is 11.1. The Bertz CT molecular complexity index is 904. The molecule has 0 aliphatic carbocycles. The summed E-state index contributed by atoms with van der Waals surface area (Å²) in [5, 5.41) is 4.04. The van der Waals surface area contributed by atoms with Gasteiger partial charge in [0.15, 0.2) is 0 Å². The summed E-state index contributed by atoms with van der Waals surface area (Å²) in [5.74, 6) is 0.0130. The molecule has 0 saturated heterocycles. The predicted octanol–water partition coefficient (Wildman–Crippen LogP) is 8.15. The van der Waals surface area contributed by atoms with Crippen molar-refractivity contribution in [1.82, 2.24) is 5.43 Å². The van der Waals surface area contributed by atoms with Crippen molar-refractivity contribution in [3.8, 4) is 5.75 Å². The highest BCUT2D eigenvalue weighted by molar-refractivity contribution is 5.91. The van der Waals surface area contributed by atoms with Crippen molar-refractivity contribution in [1.29, 1.82) is 0 Å². The molecule has 0 atom stereocenters. The number of rotatable bonds is 18. The lowest BCUT2D eigenvalue weighted by Gasteiger charge is -2.05. The maximum absolute atomic E-state index is 12.2. The summed E-state index contributed by atoms with van der Waals surface area (Å²) in [6, 6.07) is 14.3. The van der Waals surface area contributed by atoms with Crippen LogP contribution in [0, 0.1) is 6.92 Å². The molecule has 2 aromatic carbocycles. The number of amides is 1. The molecule has 0 unspecified atom stereocenters. The first kappa shape index (κ1) is 29.3. The second-order valence-electron chi connectivity index (χ2n) is 9.61. The van der Waals surface area contributed by atoms with Crippen molar-refractivity contribution in [3.05, 3.63) is 65.2 Å². The minimum Gasteiger partial charge on any atom is -0.423 e. The maximum atomic E-state index is 12.2. The van der Waals surface area contributed by atoms with Gasteiger partial charge in [-0.05, 0) is 55.3 Å². The van der Waals surface area contributed by atoms with Gasteiger partial charge in [-0.1, -0.05) is 102 Å². The van der Waals surface area contributed by atoms with E-state index < -0.39 is 5.97 Å². The van der Waals surface area contributed by atoms with Gasteiger partial charge in [0.2, 0.25) is 5.91 Å². The molecular weight excluding hydrogens is 448 g/mol. The third-order valence-electron chi connectivity index (χ3n) is 6.29. The molecule has 0 saturated carbocycles. The maximum Gasteiger partial charge on any atom is 0.343 e. The molecule has 196 valence electrons. The Morgan fingerprint density at radius 2 is 1.28 bits per heavy atom. The number of carbonyl (C=O) groups is 2. The topological polar surface area (TPSA) is 67.8 Å². The number of ether oxygens (including phenoxy) is 1. The molecule has 1 amide bonds. The number of nitrogens with one attached hydrogen (secondary N) is 1. The highest BCUT2D eigenvalue weighted by atomic mass is 16.5. The minimum atomic E-state index is -0.392. The monoisotopic (exact) mass is 492 g/mol. The summed E-state index contributed by atoms with van der Waals surface area (Å²) in [4.78, 5) is 24.2. The molecule has 0 aromatic heterocycles. The molecule has 0 bridgehead atoms. The summed E-state index contributed by atoms with van der Waals surface area (Å²) in [6.07, 6.45) is 18.9. The number of esters is 1. The minimum absolute atomic E-state index is 0.0574. The molecule has 5 nitrogen and oxygen atoms in total. The van der Waals surface area contributed by atoms with Crippen molar-refractivity contribution in [2.45, 2.75) is 104 Å². The number of aryl methyl sites for hydroxylation is 1. The Hall–Kier alpha value is -2.95. The molecule has 2 rings (SSSR count). The molecule has 36 heavy (non-hydrogen) atoms. The second-order valence-corrected chi connectivity index (χ2v) is 9.61. The van der Waals surface area contributed by atoms with Crippen LogP contribution in [-0.4, -0.2) is 18.1 Å². The molecule has 1 N–H and O–H groups in total. The van der Waals surface area contributed by atoms with Crippen LogP contribution < -0.4 is 10.2 Å². The van der Waals surface area contributed by atoms with Crippen molar-refractivity contribution in [3.63, 3.8) is 0 Å². The average molecular weight is 493 g/mol. The summed E-state index contributed by atoms with van der Waals surface area (Å²) in [5.41, 5.74) is 5.00. The molecule has 0 radical (unpaired) electrons. The van der Waals surface area contributed by atoms with E-state index in [-0.39, 0.29) is 5.91 Å². The summed E-state index contributed by atoms with van der Waals surface area (Å²) in [7, 11) is 0. The summed E-state index contributed by atoms with van der Waals surface area (Å²) in [6.45, 7) is 4.23. The Morgan fingerprint density at radius 1 is 0.750 bits per heavy atom. The molecule has 2 aromatic rings. The summed E-state index contributed by atoms with van der Waals surface area (Å²) < 4.78 is 5.40. The van der Waals surface area contributed by atoms with Gasteiger partial charge in [-0.15, -0.1) is 0 Å². The average Bonchev–Trinajstić information content (AvgIpc) is 2.88. The SMILES string of the molecule is CCCCCCCCCCCCCCCC(=O)N/N=C/c1ccc(OC(=O)c2ccc(C)cc2)cc1. The van der Waals surface area contributed by atoms with Crippen LogP contribution in [-0.2, 0) is 4.79 Å². The van der Waals surface area contributed by atoms with E-state index in [1.54, 1.807) is 42.6 Å². The number of hydrogen-bond acceptors (Lipinski definition) is 4. The van der Waals surface area contributed by atoms with Crippen LogP contribution in [0.15, 0.2) is 53.6 Å². The van der Waals surface area contributed by atoms with E-state index in [0.29, 0.717) is 17.7 Å². The first-order valence-corrected chi connectivity index (χ1v) is 13.8. The highest BCUT2D eigenvalue weighted by Crippen LogP contribution is 2.15. The van der Waals surface area contributed by atoms with E-state index in [1.165, 1.54) is 70.6 Å². The molecule has 0 fully saturated rings. The lowest BCUT2D eigenvalue weighted by molar-refractivity contribution is -0.121. The van der Waals surface area contributed by atoms with Crippen molar-refractivity contribution < 1.29 is 14.3 Å². The van der Waals surface area contributed by atoms with Gasteiger partial charge in [-0.25, -0.2) is 10.2 Å². The molecule has 0 aliphatic heterocycles. The fourth-order valence-electron chi connectivity index (χ4n) is 4.02. The van der Waals surface area contributed by atoms with Crippen molar-refractivity contribution in [2.24, 2.45) is 5.10 Å². The van der Waals surface area contributed by atoms with Gasteiger partial charge < -0.3 is 4.74 Å². The fraction of sp³-hybridized carbons (Fsp3) is 0.516. The number of carbonyl (C=O) groups excluding carboxylic acids is 2. The van der Waals surface area contributed by atoms with E-state index in [0.717, 1.165) is 24.0 Å². The van der Waals surface area contributed by atoms with Crippen LogP contribution in [0.2, 0.25) is 0 Å². The molecule has 0 heterocycles. The number of nitrogens with zero attached hydrogens (tertiary/aromatic N) is 1. The van der Waals surface area contributed by atoms with Crippen LogP contribution in [0.5, 0.6) is 5.75 Å². The first-order valence-electron chi connectivity index (χ1n) is 13.8. The van der Waals surface area contributed by atoms with Crippen LogP contribution in [0.4, 0.5) is 0 Å². The van der Waals surface area contributed by atoms with Crippen LogP contribution in [0.3, 0.4) is 0 Å². The molecular formula is C31H44N2O3. The van der Waals surface area contributed by atoms with E-state index in [2.05, 4.69) is 17.5 Å². The van der Waals surface area contributed by atoms with Gasteiger partial charge in [-0.3, -0.25) is 4.79 Å². The largest absolute Gasteiger partial charge is 0.423 e. The zero-order valence-electron chi connectivity index (χ0n) is 22.3. The lowest BCUT2D eigenvalue weighted by Crippen LogP contribution is -2.16.